The summed E-state index contributed by atoms with van der Waals surface area (Å²) in [6.07, 6.45) is -4.39. The second-order valence-corrected chi connectivity index (χ2v) is 20.6. The van der Waals surface area contributed by atoms with Gasteiger partial charge in [-0.15, -0.1) is 11.8 Å². The molecule has 16 heteroatoms. The molecule has 4 aliphatic rings. The predicted molar refractivity (Wildman–Crippen MR) is 245 cm³/mol. The lowest BCUT2D eigenvalue weighted by atomic mass is 9.70. The molecule has 1 N–H and O–H groups in total. The van der Waals surface area contributed by atoms with E-state index in [9.17, 15) is 9.59 Å². The van der Waals surface area contributed by atoms with Crippen molar-refractivity contribution >= 4 is 29.5 Å². The van der Waals surface area contributed by atoms with Crippen LogP contribution in [0.4, 0.5) is 0 Å². The van der Waals surface area contributed by atoms with Crippen LogP contribution in [-0.2, 0) is 67.5 Å². The molecule has 4 aliphatic heterocycles. The summed E-state index contributed by atoms with van der Waals surface area (Å²) >= 11 is 1.42. The molecule has 65 heavy (non-hydrogen) atoms. The highest BCUT2D eigenvalue weighted by Crippen LogP contribution is 2.50. The van der Waals surface area contributed by atoms with Gasteiger partial charge in [-0.3, -0.25) is 14.4 Å². The highest BCUT2D eigenvalue weighted by Gasteiger charge is 2.62. The lowest BCUT2D eigenvalue weighted by molar-refractivity contribution is -0.320. The summed E-state index contributed by atoms with van der Waals surface area (Å²) in [4.78, 5) is 44.3. The molecule has 4 fully saturated rings. The van der Waals surface area contributed by atoms with Crippen LogP contribution >= 0.6 is 11.8 Å². The smallest absolute Gasteiger partial charge is 0.320 e. The first-order valence-corrected chi connectivity index (χ1v) is 24.4. The number of hydrogen-bond acceptors (Lipinski definition) is 16. The summed E-state index contributed by atoms with van der Waals surface area (Å²) in [5.74, 6) is -3.39. The number of ether oxygens (including phenoxy) is 11. The number of ketones is 1. The monoisotopic (exact) mass is 938 g/mol. The van der Waals surface area contributed by atoms with Gasteiger partial charge in [0.2, 0.25) is 0 Å². The van der Waals surface area contributed by atoms with Crippen LogP contribution in [0.5, 0.6) is 5.75 Å². The molecule has 5 rings (SSSR count). The maximum Gasteiger partial charge on any atom is 0.320 e. The van der Waals surface area contributed by atoms with Gasteiger partial charge in [-0.25, -0.2) is 0 Å². The Balaban J connectivity index is 1.63. The fourth-order valence-electron chi connectivity index (χ4n) is 11.3. The number of benzene rings is 1. The molecule has 0 amide bonds. The predicted octanol–water partition coefficient (Wildman–Crippen LogP) is 6.54. The molecule has 4 saturated heterocycles. The Labute approximate surface area is 392 Å². The third-order valence-corrected chi connectivity index (χ3v) is 16.4. The zero-order valence-electron chi connectivity index (χ0n) is 41.7. The molecule has 19 atom stereocenters. The van der Waals surface area contributed by atoms with Gasteiger partial charge in [0, 0.05) is 70.3 Å². The summed E-state index contributed by atoms with van der Waals surface area (Å²) in [6.45, 7) is 19.0. The Bertz CT molecular complexity index is 1740. The number of hydrogen-bond donors (Lipinski definition) is 1. The molecule has 15 nitrogen and oxygen atoms in total. The Morgan fingerprint density at radius 3 is 2.00 bits per heavy atom. The molecule has 1 aromatic carbocycles. The quantitative estimate of drug-likeness (QED) is 0.200. The number of fused-ring (bicyclic) bond motifs is 1. The van der Waals surface area contributed by atoms with Gasteiger partial charge >= 0.3 is 11.9 Å². The molecule has 0 radical (unpaired) electrons. The number of methoxy groups -OCH3 is 5. The Morgan fingerprint density at radius 1 is 0.785 bits per heavy atom. The maximum atomic E-state index is 15.1. The van der Waals surface area contributed by atoms with Crippen LogP contribution in [0.1, 0.15) is 100 Å². The summed E-state index contributed by atoms with van der Waals surface area (Å²) in [5, 5.41) is 2.63. The maximum absolute atomic E-state index is 15.1. The molecule has 4 heterocycles. The van der Waals surface area contributed by atoms with Gasteiger partial charge in [0.1, 0.15) is 35.1 Å². The minimum absolute atomic E-state index is 0.0765. The Kier molecular flexibility index (Phi) is 18.4. The van der Waals surface area contributed by atoms with Crippen molar-refractivity contribution in [2.45, 2.75) is 184 Å². The van der Waals surface area contributed by atoms with Gasteiger partial charge in [-0.1, -0.05) is 39.8 Å². The van der Waals surface area contributed by atoms with E-state index in [1.807, 2.05) is 86.7 Å². The molecule has 0 bridgehead atoms. The number of carbonyl (C=O) groups is 3. The zero-order valence-corrected chi connectivity index (χ0v) is 42.5. The molecule has 0 aliphatic carbocycles. The first-order chi connectivity index (χ1) is 30.7. The van der Waals surface area contributed by atoms with Crippen molar-refractivity contribution in [3.8, 4) is 5.75 Å². The molecule has 0 saturated carbocycles. The number of carbonyl (C=O) groups excluding carboxylic acids is 3. The number of Topliss-reactive ketones (excluding diaryl/α,β-unsaturated/α-hetero) is 1. The normalized spacial score (nSPS) is 43.3. The lowest BCUT2D eigenvalue weighted by Crippen LogP contribution is -2.61. The van der Waals surface area contributed by atoms with Gasteiger partial charge in [-0.05, 0) is 85.5 Å². The van der Waals surface area contributed by atoms with Crippen LogP contribution < -0.4 is 10.1 Å². The molecule has 1 aromatic rings. The number of cyclic esters (lactones) is 1. The van der Waals surface area contributed by atoms with E-state index in [0.29, 0.717) is 18.6 Å². The minimum Gasteiger partial charge on any atom is -0.497 e. The molecule has 2 unspecified atom stereocenters. The van der Waals surface area contributed by atoms with Crippen molar-refractivity contribution in [3.63, 3.8) is 0 Å². The van der Waals surface area contributed by atoms with Crippen molar-refractivity contribution in [1.29, 1.82) is 0 Å². The van der Waals surface area contributed by atoms with Gasteiger partial charge in [0.15, 0.2) is 18.2 Å². The van der Waals surface area contributed by atoms with Crippen molar-refractivity contribution in [2.24, 2.45) is 29.6 Å². The highest BCUT2D eigenvalue weighted by molar-refractivity contribution is 7.99. The van der Waals surface area contributed by atoms with Gasteiger partial charge in [-0.2, -0.15) is 0 Å². The number of esters is 2. The largest absolute Gasteiger partial charge is 0.497 e. The van der Waals surface area contributed by atoms with Crippen LogP contribution in [0.2, 0.25) is 0 Å². The third-order valence-electron chi connectivity index (χ3n) is 15.0. The van der Waals surface area contributed by atoms with E-state index in [2.05, 4.69) is 5.32 Å². The summed E-state index contributed by atoms with van der Waals surface area (Å²) < 4.78 is 70.0. The van der Waals surface area contributed by atoms with Crippen molar-refractivity contribution in [1.82, 2.24) is 5.32 Å². The van der Waals surface area contributed by atoms with E-state index in [1.54, 1.807) is 49.4 Å². The topological polar surface area (TPSA) is 165 Å². The molecule has 370 valence electrons. The van der Waals surface area contributed by atoms with Gasteiger partial charge < -0.3 is 57.4 Å². The average molecular weight is 938 g/mol. The van der Waals surface area contributed by atoms with Crippen LogP contribution in [-0.4, -0.2) is 144 Å². The summed E-state index contributed by atoms with van der Waals surface area (Å²) in [5.41, 5.74) is -2.33. The molecular weight excluding hydrogens is 859 g/mol. The van der Waals surface area contributed by atoms with Crippen molar-refractivity contribution in [3.05, 3.63) is 29.8 Å². The van der Waals surface area contributed by atoms with Crippen LogP contribution in [0.3, 0.4) is 0 Å². The van der Waals surface area contributed by atoms with Crippen LogP contribution in [0.25, 0.3) is 0 Å². The summed E-state index contributed by atoms with van der Waals surface area (Å²) in [7, 11) is 9.99. The molecule has 0 spiro atoms. The van der Waals surface area contributed by atoms with Gasteiger partial charge in [0.05, 0.1) is 48.6 Å². The van der Waals surface area contributed by atoms with Crippen LogP contribution in [0, 0.1) is 29.6 Å². The fourth-order valence-corrected chi connectivity index (χ4v) is 12.8. The highest BCUT2D eigenvalue weighted by atomic mass is 32.2. The van der Waals surface area contributed by atoms with Crippen molar-refractivity contribution < 1.29 is 66.5 Å². The van der Waals surface area contributed by atoms with E-state index >= 15 is 4.79 Å². The van der Waals surface area contributed by atoms with Gasteiger partial charge in [0.25, 0.3) is 0 Å². The second kappa shape index (κ2) is 22.4. The first-order valence-electron chi connectivity index (χ1n) is 23.4. The number of rotatable bonds is 14. The second-order valence-electron chi connectivity index (χ2n) is 19.5. The standard InChI is InChI=1S/C49H79NO14S/c1-17-35-49(10)37(41(45(53)64-49)65-25-32-18-20-33(54-12)21-19-32)28(4)38(51)26(2)23-47(8,57-15)42(63-46-40(55-13)34(50-11)22-27(3)59-46)29(5)39(30(6)44(52)61-35)62-36-24-48(9,58-16)43(56-14)31(7)60-36/h18-21,26-31,34-37,39-43,46,50H,17,22-25H2,1-16H3/t26-,27-,28-,29+,30-,31+,34+,35-,36+,37?,39+,40-,41?,42-,43+,46+,47-,48-,49-/m1/s1. The van der Waals surface area contributed by atoms with E-state index in [-0.39, 0.29) is 30.8 Å². The minimum atomic E-state index is -1.35. The number of thioether (sulfide) groups is 1. The van der Waals surface area contributed by atoms with E-state index in [1.165, 1.54) is 11.8 Å². The van der Waals surface area contributed by atoms with E-state index in [4.69, 9.17) is 52.1 Å². The first kappa shape index (κ1) is 53.6. The number of nitrogens with one attached hydrogen (secondary N) is 1. The Morgan fingerprint density at radius 2 is 1.43 bits per heavy atom. The molecule has 0 aromatic heterocycles. The van der Waals surface area contributed by atoms with E-state index < -0.39 is 113 Å². The zero-order chi connectivity index (χ0) is 48.2. The van der Waals surface area contributed by atoms with E-state index in [0.717, 1.165) is 11.3 Å². The van der Waals surface area contributed by atoms with Crippen molar-refractivity contribution in [2.75, 3.05) is 42.6 Å². The molecular formula is C49H79NO14S. The Hall–Kier alpha value is -2.38. The summed E-state index contributed by atoms with van der Waals surface area (Å²) in [6, 6.07) is 7.56. The fraction of sp³-hybridized carbons (Fsp3) is 0.816. The lowest BCUT2D eigenvalue weighted by Gasteiger charge is -2.50. The SMILES string of the molecule is CC[C@H]1OC(=O)[C@H](C)[C@@H](O[C@H]2C[C@@](C)(OC)[C@@H](OC)[C@H](C)O2)[C@H](C)[C@@H](O[C@@H]2O[C@H](C)C[C@H](NC)[C@H]2OC)[C@](C)(OC)C[C@@H](C)C(=O)[C@H](C)C2C(SCc3ccc(OC)cc3)C(=O)O[C@@]21C. The third kappa shape index (κ3) is 11.2. The average Bonchev–Trinajstić information content (AvgIpc) is 3.55. The van der Waals surface area contributed by atoms with Crippen LogP contribution in [0.15, 0.2) is 24.3 Å². The number of likely N-dealkylation sites (N-methyl/N-ethyl adjacent to an activating group) is 1.